The normalized spacial score (nSPS) is 39.0. The van der Waals surface area contributed by atoms with Crippen LogP contribution >= 0.6 is 0 Å². The molecule has 2 rings (SSSR count). The number of nitrogens with one attached hydrogen (secondary N) is 1. The predicted octanol–water partition coefficient (Wildman–Crippen LogP) is 0.899. The minimum absolute atomic E-state index is 0.0694. The Balaban J connectivity index is 1.70. The van der Waals surface area contributed by atoms with Gasteiger partial charge in [0.05, 0.1) is 6.10 Å². The van der Waals surface area contributed by atoms with Gasteiger partial charge in [0.25, 0.3) is 0 Å². The summed E-state index contributed by atoms with van der Waals surface area (Å²) in [5.74, 6) is 0.970. The zero-order valence-corrected chi connectivity index (χ0v) is 6.92. The molecule has 1 aliphatic heterocycles. The molecular formula is C9H17NO. The third-order valence-corrected chi connectivity index (χ3v) is 3.04. The predicted molar refractivity (Wildman–Crippen MR) is 44.4 cm³/mol. The van der Waals surface area contributed by atoms with Crippen molar-refractivity contribution in [3.8, 4) is 0 Å². The minimum Gasteiger partial charge on any atom is -0.392 e. The molecule has 0 aromatic heterocycles. The Morgan fingerprint density at radius 1 is 1.36 bits per heavy atom. The molecule has 1 aliphatic carbocycles. The van der Waals surface area contributed by atoms with Crippen LogP contribution in [0.4, 0.5) is 0 Å². The molecule has 2 nitrogen and oxygen atoms in total. The van der Waals surface area contributed by atoms with Crippen molar-refractivity contribution in [2.24, 2.45) is 5.92 Å². The van der Waals surface area contributed by atoms with E-state index < -0.39 is 0 Å². The van der Waals surface area contributed by atoms with Crippen LogP contribution in [-0.4, -0.2) is 23.8 Å². The summed E-state index contributed by atoms with van der Waals surface area (Å²) in [6.45, 7) is 0.817. The van der Waals surface area contributed by atoms with E-state index in [9.17, 15) is 5.11 Å². The molecular weight excluding hydrogens is 138 g/mol. The van der Waals surface area contributed by atoms with Crippen molar-refractivity contribution < 1.29 is 5.11 Å². The third kappa shape index (κ3) is 1.74. The van der Waals surface area contributed by atoms with E-state index in [1.54, 1.807) is 0 Å². The molecule has 0 aromatic rings. The molecule has 1 saturated carbocycles. The smallest absolute Gasteiger partial charge is 0.0679 e. The first kappa shape index (κ1) is 7.56. The van der Waals surface area contributed by atoms with E-state index in [1.807, 2.05) is 0 Å². The van der Waals surface area contributed by atoms with Crippen LogP contribution in [0.15, 0.2) is 0 Å². The van der Waals surface area contributed by atoms with Gasteiger partial charge in [0.15, 0.2) is 0 Å². The highest BCUT2D eigenvalue weighted by Gasteiger charge is 2.27. The lowest BCUT2D eigenvalue weighted by Gasteiger charge is -2.27. The first-order valence-corrected chi connectivity index (χ1v) is 4.76. The number of hydrogen-bond acceptors (Lipinski definition) is 2. The Morgan fingerprint density at radius 3 is 2.64 bits per heavy atom. The summed E-state index contributed by atoms with van der Waals surface area (Å²) in [6, 6.07) is 0.621. The summed E-state index contributed by atoms with van der Waals surface area (Å²) >= 11 is 0. The number of aliphatic hydroxyl groups excluding tert-OH is 1. The van der Waals surface area contributed by atoms with Crippen molar-refractivity contribution in [2.75, 3.05) is 6.54 Å². The van der Waals surface area contributed by atoms with Crippen LogP contribution in [0.3, 0.4) is 0 Å². The summed E-state index contributed by atoms with van der Waals surface area (Å²) in [7, 11) is 0. The van der Waals surface area contributed by atoms with Crippen molar-refractivity contribution in [3.63, 3.8) is 0 Å². The SMILES string of the molecule is O[C@@H]1CN[C@@H](CC2CCC2)C1. The lowest BCUT2D eigenvalue weighted by molar-refractivity contribution is 0.188. The molecule has 2 N–H and O–H groups in total. The number of rotatable bonds is 2. The molecule has 2 fully saturated rings. The molecule has 0 unspecified atom stereocenters. The van der Waals surface area contributed by atoms with Crippen LogP contribution in [0, 0.1) is 5.92 Å². The molecule has 0 aromatic carbocycles. The van der Waals surface area contributed by atoms with Crippen LogP contribution in [0.25, 0.3) is 0 Å². The Labute approximate surface area is 68.0 Å². The molecule has 0 spiro atoms. The van der Waals surface area contributed by atoms with Gasteiger partial charge in [-0.25, -0.2) is 0 Å². The second-order valence-electron chi connectivity index (χ2n) is 4.03. The fraction of sp³-hybridized carbons (Fsp3) is 1.00. The van der Waals surface area contributed by atoms with E-state index >= 15 is 0 Å². The first-order valence-electron chi connectivity index (χ1n) is 4.76. The molecule has 64 valence electrons. The summed E-state index contributed by atoms with van der Waals surface area (Å²) in [6.07, 6.45) is 6.50. The van der Waals surface area contributed by atoms with Crippen molar-refractivity contribution in [1.29, 1.82) is 0 Å². The maximum atomic E-state index is 9.24. The number of aliphatic hydroxyl groups is 1. The maximum absolute atomic E-state index is 9.24. The maximum Gasteiger partial charge on any atom is 0.0679 e. The Hall–Kier alpha value is -0.0800. The second-order valence-corrected chi connectivity index (χ2v) is 4.03. The van der Waals surface area contributed by atoms with Crippen molar-refractivity contribution in [3.05, 3.63) is 0 Å². The van der Waals surface area contributed by atoms with Gasteiger partial charge in [-0.1, -0.05) is 19.3 Å². The second kappa shape index (κ2) is 3.11. The Morgan fingerprint density at radius 2 is 2.18 bits per heavy atom. The minimum atomic E-state index is -0.0694. The highest BCUT2D eigenvalue weighted by atomic mass is 16.3. The van der Waals surface area contributed by atoms with E-state index in [4.69, 9.17) is 0 Å². The Kier molecular flexibility index (Phi) is 2.14. The fourth-order valence-electron chi connectivity index (χ4n) is 2.11. The van der Waals surface area contributed by atoms with Crippen molar-refractivity contribution in [1.82, 2.24) is 5.32 Å². The third-order valence-electron chi connectivity index (χ3n) is 3.04. The highest BCUT2D eigenvalue weighted by molar-refractivity contribution is 4.84. The molecule has 2 aliphatic rings. The highest BCUT2D eigenvalue weighted by Crippen LogP contribution is 2.31. The lowest BCUT2D eigenvalue weighted by Crippen LogP contribution is -2.26. The van der Waals surface area contributed by atoms with Gasteiger partial charge >= 0.3 is 0 Å². The van der Waals surface area contributed by atoms with Gasteiger partial charge < -0.3 is 10.4 Å². The van der Waals surface area contributed by atoms with Crippen molar-refractivity contribution in [2.45, 2.75) is 44.2 Å². The van der Waals surface area contributed by atoms with Gasteiger partial charge in [0, 0.05) is 12.6 Å². The van der Waals surface area contributed by atoms with Gasteiger partial charge in [-0.3, -0.25) is 0 Å². The van der Waals surface area contributed by atoms with Crippen LogP contribution < -0.4 is 5.32 Å². The fourth-order valence-corrected chi connectivity index (χ4v) is 2.11. The van der Waals surface area contributed by atoms with Gasteiger partial charge in [-0.2, -0.15) is 0 Å². The van der Waals surface area contributed by atoms with E-state index in [-0.39, 0.29) is 6.10 Å². The summed E-state index contributed by atoms with van der Waals surface area (Å²) in [4.78, 5) is 0. The zero-order chi connectivity index (χ0) is 7.68. The lowest BCUT2D eigenvalue weighted by atomic mass is 9.80. The molecule has 11 heavy (non-hydrogen) atoms. The van der Waals surface area contributed by atoms with Gasteiger partial charge in [-0.05, 0) is 18.8 Å². The molecule has 2 atom stereocenters. The van der Waals surface area contributed by atoms with Gasteiger partial charge in [0.2, 0.25) is 0 Å². The monoisotopic (exact) mass is 155 g/mol. The van der Waals surface area contributed by atoms with Crippen LogP contribution in [0.5, 0.6) is 0 Å². The molecule has 0 radical (unpaired) electrons. The van der Waals surface area contributed by atoms with Crippen LogP contribution in [0.1, 0.15) is 32.1 Å². The van der Waals surface area contributed by atoms with E-state index in [0.29, 0.717) is 6.04 Å². The first-order chi connectivity index (χ1) is 5.34. The molecule has 0 amide bonds. The Bertz CT molecular complexity index is 134. The largest absolute Gasteiger partial charge is 0.392 e. The van der Waals surface area contributed by atoms with E-state index in [1.165, 1.54) is 25.7 Å². The molecule has 1 heterocycles. The summed E-state index contributed by atoms with van der Waals surface area (Å²) in [5.41, 5.74) is 0. The number of hydrogen-bond donors (Lipinski definition) is 2. The summed E-state index contributed by atoms with van der Waals surface area (Å²) < 4.78 is 0. The molecule has 2 heteroatoms. The van der Waals surface area contributed by atoms with Crippen molar-refractivity contribution >= 4 is 0 Å². The molecule has 1 saturated heterocycles. The van der Waals surface area contributed by atoms with Gasteiger partial charge in [-0.15, -0.1) is 0 Å². The van der Waals surface area contributed by atoms with E-state index in [2.05, 4.69) is 5.32 Å². The number of β-amino-alcohol motifs (C(OH)–C–C–N with tert-alkyl or cyclic N) is 1. The van der Waals surface area contributed by atoms with Gasteiger partial charge in [0.1, 0.15) is 0 Å². The standard InChI is InChI=1S/C9H17NO/c11-9-5-8(10-6-9)4-7-2-1-3-7/h7-11H,1-6H2/t8-,9-/m0/s1. The van der Waals surface area contributed by atoms with E-state index in [0.717, 1.165) is 18.9 Å². The quantitative estimate of drug-likeness (QED) is 0.621. The zero-order valence-electron chi connectivity index (χ0n) is 6.92. The topological polar surface area (TPSA) is 32.3 Å². The average Bonchev–Trinajstić information content (AvgIpc) is 2.27. The average molecular weight is 155 g/mol. The van der Waals surface area contributed by atoms with Crippen LogP contribution in [0.2, 0.25) is 0 Å². The van der Waals surface area contributed by atoms with Crippen LogP contribution in [-0.2, 0) is 0 Å². The molecule has 0 bridgehead atoms. The summed E-state index contributed by atoms with van der Waals surface area (Å²) in [5, 5.41) is 12.6.